The van der Waals surface area contributed by atoms with Crippen molar-refractivity contribution in [2.75, 3.05) is 11.9 Å². The van der Waals surface area contributed by atoms with E-state index in [-0.39, 0.29) is 5.69 Å². The van der Waals surface area contributed by atoms with Crippen molar-refractivity contribution in [2.45, 2.75) is 45.4 Å². The Morgan fingerprint density at radius 3 is 2.39 bits per heavy atom. The molecule has 6 heteroatoms. The maximum Gasteiger partial charge on any atom is 0.305 e. The highest BCUT2D eigenvalue weighted by Crippen LogP contribution is 2.09. The Morgan fingerprint density at radius 2 is 1.78 bits per heavy atom. The molecule has 1 N–H and O–H groups in total. The molecule has 0 bridgehead atoms. The summed E-state index contributed by atoms with van der Waals surface area (Å²) in [6, 6.07) is 0. The topological polar surface area (TPSA) is 81.0 Å². The average molecular weight is 252 g/mol. The second kappa shape index (κ2) is 8.38. The second-order valence-corrected chi connectivity index (χ2v) is 4.22. The number of nitrogens with one attached hydrogen (secondary N) is 1. The van der Waals surface area contributed by atoms with E-state index in [0.717, 1.165) is 13.0 Å². The van der Waals surface area contributed by atoms with Gasteiger partial charge in [0, 0.05) is 6.54 Å². The van der Waals surface area contributed by atoms with Gasteiger partial charge in [0.2, 0.25) is 5.95 Å². The van der Waals surface area contributed by atoms with Crippen LogP contribution in [0.3, 0.4) is 0 Å². The van der Waals surface area contributed by atoms with Crippen LogP contribution in [0, 0.1) is 10.1 Å². The number of rotatable bonds is 9. The van der Waals surface area contributed by atoms with E-state index in [4.69, 9.17) is 0 Å². The van der Waals surface area contributed by atoms with Crippen LogP contribution in [0.5, 0.6) is 0 Å². The lowest BCUT2D eigenvalue weighted by molar-refractivity contribution is -0.385. The van der Waals surface area contributed by atoms with Gasteiger partial charge in [0.15, 0.2) is 0 Å². The van der Waals surface area contributed by atoms with Crippen LogP contribution in [0.4, 0.5) is 11.6 Å². The molecule has 0 radical (unpaired) electrons. The zero-order chi connectivity index (χ0) is 13.2. The number of aromatic nitrogens is 2. The minimum absolute atomic E-state index is 0.0832. The van der Waals surface area contributed by atoms with Crippen molar-refractivity contribution in [1.82, 2.24) is 9.97 Å². The van der Waals surface area contributed by atoms with Crippen molar-refractivity contribution < 1.29 is 4.92 Å². The minimum Gasteiger partial charge on any atom is -0.354 e. The molecule has 1 rings (SSSR count). The molecular formula is C12H20N4O2. The lowest BCUT2D eigenvalue weighted by atomic mass is 10.1. The molecule has 1 heterocycles. The largest absolute Gasteiger partial charge is 0.354 e. The summed E-state index contributed by atoms with van der Waals surface area (Å²) in [4.78, 5) is 17.7. The van der Waals surface area contributed by atoms with Crippen molar-refractivity contribution in [1.29, 1.82) is 0 Å². The summed E-state index contributed by atoms with van der Waals surface area (Å²) in [5.74, 6) is 0.453. The SMILES string of the molecule is CCCCCCCCNc1ncc([N+](=O)[O-])cn1. The van der Waals surface area contributed by atoms with E-state index in [0.29, 0.717) is 5.95 Å². The molecule has 0 saturated heterocycles. The summed E-state index contributed by atoms with van der Waals surface area (Å²) in [6.45, 7) is 3.01. The third kappa shape index (κ3) is 5.56. The number of hydrogen-bond acceptors (Lipinski definition) is 5. The van der Waals surface area contributed by atoms with Gasteiger partial charge in [-0.05, 0) is 6.42 Å². The van der Waals surface area contributed by atoms with E-state index >= 15 is 0 Å². The van der Waals surface area contributed by atoms with Gasteiger partial charge in [-0.3, -0.25) is 10.1 Å². The fraction of sp³-hybridized carbons (Fsp3) is 0.667. The molecule has 0 atom stereocenters. The summed E-state index contributed by atoms with van der Waals surface area (Å²) in [5, 5.41) is 13.5. The van der Waals surface area contributed by atoms with E-state index in [1.807, 2.05) is 0 Å². The highest BCUT2D eigenvalue weighted by atomic mass is 16.6. The number of nitrogens with zero attached hydrogens (tertiary/aromatic N) is 3. The Bertz CT molecular complexity index is 354. The number of unbranched alkanes of at least 4 members (excludes halogenated alkanes) is 5. The molecule has 0 aliphatic rings. The van der Waals surface area contributed by atoms with Crippen molar-refractivity contribution in [2.24, 2.45) is 0 Å². The molecule has 0 aliphatic heterocycles. The van der Waals surface area contributed by atoms with E-state index in [9.17, 15) is 10.1 Å². The van der Waals surface area contributed by atoms with Crippen LogP contribution < -0.4 is 5.32 Å². The Kier molecular flexibility index (Phi) is 6.68. The molecule has 0 saturated carbocycles. The predicted molar refractivity (Wildman–Crippen MR) is 70.6 cm³/mol. The van der Waals surface area contributed by atoms with Gasteiger partial charge in [0.05, 0.1) is 4.92 Å². The van der Waals surface area contributed by atoms with Gasteiger partial charge in [-0.1, -0.05) is 39.0 Å². The Hall–Kier alpha value is -1.72. The molecule has 0 aliphatic carbocycles. The monoisotopic (exact) mass is 252 g/mol. The van der Waals surface area contributed by atoms with Crippen molar-refractivity contribution >= 4 is 11.6 Å². The number of nitro groups is 1. The van der Waals surface area contributed by atoms with Gasteiger partial charge < -0.3 is 5.32 Å². The Morgan fingerprint density at radius 1 is 1.17 bits per heavy atom. The van der Waals surface area contributed by atoms with Crippen LogP contribution in [0.15, 0.2) is 12.4 Å². The molecule has 1 aromatic heterocycles. The third-order valence-corrected chi connectivity index (χ3v) is 2.66. The van der Waals surface area contributed by atoms with E-state index in [2.05, 4.69) is 22.2 Å². The highest BCUT2D eigenvalue weighted by Gasteiger charge is 2.05. The summed E-state index contributed by atoms with van der Waals surface area (Å²) >= 11 is 0. The zero-order valence-corrected chi connectivity index (χ0v) is 10.8. The van der Waals surface area contributed by atoms with Crippen LogP contribution in [0.25, 0.3) is 0 Å². The Balaban J connectivity index is 2.14. The smallest absolute Gasteiger partial charge is 0.305 e. The highest BCUT2D eigenvalue weighted by molar-refractivity contribution is 5.30. The maximum absolute atomic E-state index is 10.4. The van der Waals surface area contributed by atoms with Crippen LogP contribution in [-0.4, -0.2) is 21.4 Å². The average Bonchev–Trinajstić information content (AvgIpc) is 2.38. The van der Waals surface area contributed by atoms with Gasteiger partial charge in [-0.25, -0.2) is 9.97 Å². The van der Waals surface area contributed by atoms with E-state index in [1.54, 1.807) is 0 Å². The van der Waals surface area contributed by atoms with Gasteiger partial charge in [0.25, 0.3) is 0 Å². The van der Waals surface area contributed by atoms with Crippen LogP contribution >= 0.6 is 0 Å². The van der Waals surface area contributed by atoms with Crippen molar-refractivity contribution in [3.05, 3.63) is 22.5 Å². The van der Waals surface area contributed by atoms with Crippen LogP contribution in [0.2, 0.25) is 0 Å². The molecule has 1 aromatic rings. The summed E-state index contributed by atoms with van der Waals surface area (Å²) < 4.78 is 0. The summed E-state index contributed by atoms with van der Waals surface area (Å²) in [5.41, 5.74) is -0.0832. The van der Waals surface area contributed by atoms with E-state index < -0.39 is 4.92 Å². The molecule has 0 amide bonds. The standard InChI is InChI=1S/C12H20N4O2/c1-2-3-4-5-6-7-8-13-12-14-9-11(10-15-12)16(17)18/h9-10H,2-8H2,1H3,(H,13,14,15). The Labute approximate surface area is 107 Å². The zero-order valence-electron chi connectivity index (χ0n) is 10.8. The fourth-order valence-corrected chi connectivity index (χ4v) is 1.61. The second-order valence-electron chi connectivity index (χ2n) is 4.22. The fourth-order valence-electron chi connectivity index (χ4n) is 1.61. The van der Waals surface area contributed by atoms with Gasteiger partial charge in [0.1, 0.15) is 12.4 Å². The first-order chi connectivity index (χ1) is 8.74. The predicted octanol–water partition coefficient (Wildman–Crippen LogP) is 3.16. The minimum atomic E-state index is -0.502. The maximum atomic E-state index is 10.4. The molecule has 0 fully saturated rings. The molecule has 0 aromatic carbocycles. The van der Waals surface area contributed by atoms with Crippen molar-refractivity contribution in [3.63, 3.8) is 0 Å². The number of hydrogen-bond donors (Lipinski definition) is 1. The van der Waals surface area contributed by atoms with Gasteiger partial charge in [-0.2, -0.15) is 0 Å². The summed E-state index contributed by atoms with van der Waals surface area (Å²) in [6.07, 6.45) is 9.83. The number of anilines is 1. The van der Waals surface area contributed by atoms with Gasteiger partial charge >= 0.3 is 5.69 Å². The molecule has 0 unspecified atom stereocenters. The first-order valence-corrected chi connectivity index (χ1v) is 6.44. The molecular weight excluding hydrogens is 232 g/mol. The lowest BCUT2D eigenvalue weighted by Gasteiger charge is -2.03. The van der Waals surface area contributed by atoms with Crippen LogP contribution in [0.1, 0.15) is 45.4 Å². The van der Waals surface area contributed by atoms with Crippen molar-refractivity contribution in [3.8, 4) is 0 Å². The quantitative estimate of drug-likeness (QED) is 0.415. The first kappa shape index (κ1) is 14.3. The van der Waals surface area contributed by atoms with Crippen LogP contribution in [-0.2, 0) is 0 Å². The molecule has 100 valence electrons. The first-order valence-electron chi connectivity index (χ1n) is 6.44. The summed E-state index contributed by atoms with van der Waals surface area (Å²) in [7, 11) is 0. The molecule has 18 heavy (non-hydrogen) atoms. The van der Waals surface area contributed by atoms with Gasteiger partial charge in [-0.15, -0.1) is 0 Å². The van der Waals surface area contributed by atoms with E-state index in [1.165, 1.54) is 44.5 Å². The molecule has 6 nitrogen and oxygen atoms in total. The third-order valence-electron chi connectivity index (χ3n) is 2.66. The normalized spacial score (nSPS) is 10.3. The lowest BCUT2D eigenvalue weighted by Crippen LogP contribution is -2.05. The molecule has 0 spiro atoms.